The topological polar surface area (TPSA) is 49.8 Å². The molecule has 4 heteroatoms. The number of aliphatic carboxylic acids is 1. The molecule has 18 heavy (non-hydrogen) atoms. The Hall–Kier alpha value is -0.610. The van der Waals surface area contributed by atoms with Gasteiger partial charge in [0.15, 0.2) is 0 Å². The van der Waals surface area contributed by atoms with Crippen molar-refractivity contribution in [1.29, 1.82) is 0 Å². The highest BCUT2D eigenvalue weighted by Crippen LogP contribution is 2.36. The van der Waals surface area contributed by atoms with Crippen LogP contribution >= 0.6 is 0 Å². The molecule has 1 saturated carbocycles. The molecule has 0 bridgehead atoms. The Balaban J connectivity index is 2.09. The molecule has 2 fully saturated rings. The van der Waals surface area contributed by atoms with Gasteiger partial charge in [-0.25, -0.2) is 0 Å². The van der Waals surface area contributed by atoms with Gasteiger partial charge in [-0.15, -0.1) is 0 Å². The first-order valence-electron chi connectivity index (χ1n) is 7.20. The van der Waals surface area contributed by atoms with Gasteiger partial charge in [0.2, 0.25) is 0 Å². The van der Waals surface area contributed by atoms with E-state index in [1.165, 1.54) is 12.8 Å². The number of hydrogen-bond donors (Lipinski definition) is 1. The Morgan fingerprint density at radius 1 is 1.17 bits per heavy atom. The fraction of sp³-hybridized carbons (Fsp3) is 0.929. The summed E-state index contributed by atoms with van der Waals surface area (Å²) in [4.78, 5) is 14.0. The Labute approximate surface area is 109 Å². The van der Waals surface area contributed by atoms with Gasteiger partial charge in [-0.2, -0.15) is 0 Å². The van der Waals surface area contributed by atoms with Crippen LogP contribution in [0, 0.1) is 0 Å². The molecule has 104 valence electrons. The van der Waals surface area contributed by atoms with Gasteiger partial charge in [-0.3, -0.25) is 9.69 Å². The monoisotopic (exact) mass is 255 g/mol. The molecule has 0 aromatic heterocycles. The van der Waals surface area contributed by atoms with E-state index in [0.717, 1.165) is 51.6 Å². The molecule has 4 nitrogen and oxygen atoms in total. The molecule has 0 radical (unpaired) electrons. The smallest absolute Gasteiger partial charge is 0.324 e. The SMILES string of the molecule is COC1CCC(C(=O)O)(N2CCCCCC2)CC1. The molecule has 2 rings (SSSR count). The number of rotatable bonds is 3. The minimum atomic E-state index is -0.626. The third-order valence-electron chi connectivity index (χ3n) is 4.70. The molecule has 1 heterocycles. The van der Waals surface area contributed by atoms with E-state index in [0.29, 0.717) is 0 Å². The number of ether oxygens (including phenoxy) is 1. The summed E-state index contributed by atoms with van der Waals surface area (Å²) in [7, 11) is 1.73. The molecule has 2 aliphatic rings. The summed E-state index contributed by atoms with van der Waals surface area (Å²) >= 11 is 0. The summed E-state index contributed by atoms with van der Waals surface area (Å²) in [6.45, 7) is 1.90. The van der Waals surface area contributed by atoms with E-state index in [9.17, 15) is 9.90 Å². The summed E-state index contributed by atoms with van der Waals surface area (Å²) in [6.07, 6.45) is 8.25. The second kappa shape index (κ2) is 6.02. The summed E-state index contributed by atoms with van der Waals surface area (Å²) in [5.41, 5.74) is -0.612. The largest absolute Gasteiger partial charge is 0.480 e. The highest BCUT2D eigenvalue weighted by atomic mass is 16.5. The van der Waals surface area contributed by atoms with Gasteiger partial charge in [-0.05, 0) is 51.6 Å². The van der Waals surface area contributed by atoms with E-state index in [2.05, 4.69) is 4.90 Å². The highest BCUT2D eigenvalue weighted by Gasteiger charge is 2.46. The molecule has 0 amide bonds. The molecule has 0 atom stereocenters. The van der Waals surface area contributed by atoms with Crippen molar-refractivity contribution in [3.8, 4) is 0 Å². The minimum absolute atomic E-state index is 0.254. The molecule has 1 saturated heterocycles. The first kappa shape index (κ1) is 13.8. The lowest BCUT2D eigenvalue weighted by molar-refractivity contribution is -0.156. The van der Waals surface area contributed by atoms with Gasteiger partial charge < -0.3 is 9.84 Å². The second-order valence-electron chi connectivity index (χ2n) is 5.67. The van der Waals surface area contributed by atoms with Crippen LogP contribution in [0.3, 0.4) is 0 Å². The predicted octanol–water partition coefficient (Wildman–Crippen LogP) is 2.27. The Kier molecular flexibility index (Phi) is 4.62. The van der Waals surface area contributed by atoms with Crippen molar-refractivity contribution < 1.29 is 14.6 Å². The highest BCUT2D eigenvalue weighted by molar-refractivity contribution is 5.79. The first-order valence-corrected chi connectivity index (χ1v) is 7.20. The number of nitrogens with zero attached hydrogens (tertiary/aromatic N) is 1. The number of likely N-dealkylation sites (tertiary alicyclic amines) is 1. The third kappa shape index (κ3) is 2.69. The summed E-state index contributed by atoms with van der Waals surface area (Å²) < 4.78 is 5.36. The van der Waals surface area contributed by atoms with Crippen molar-refractivity contribution in [2.45, 2.75) is 63.0 Å². The Bertz CT molecular complexity index is 277. The summed E-state index contributed by atoms with van der Waals surface area (Å²) in [6, 6.07) is 0. The van der Waals surface area contributed by atoms with Crippen LogP contribution in [0.5, 0.6) is 0 Å². The van der Waals surface area contributed by atoms with Crippen LogP contribution in [-0.2, 0) is 9.53 Å². The summed E-state index contributed by atoms with van der Waals surface area (Å²) in [5, 5.41) is 9.71. The first-order chi connectivity index (χ1) is 8.69. The number of methoxy groups -OCH3 is 1. The maximum Gasteiger partial charge on any atom is 0.324 e. The van der Waals surface area contributed by atoms with E-state index < -0.39 is 11.5 Å². The zero-order valence-corrected chi connectivity index (χ0v) is 11.4. The maximum atomic E-state index is 11.8. The molecule has 1 N–H and O–H groups in total. The maximum absolute atomic E-state index is 11.8. The molecular formula is C14H25NO3. The van der Waals surface area contributed by atoms with Crippen molar-refractivity contribution in [2.75, 3.05) is 20.2 Å². The lowest BCUT2D eigenvalue weighted by Gasteiger charge is -2.44. The van der Waals surface area contributed by atoms with Gasteiger partial charge in [0.25, 0.3) is 0 Å². The van der Waals surface area contributed by atoms with Gasteiger partial charge in [0.1, 0.15) is 5.54 Å². The van der Waals surface area contributed by atoms with E-state index in [-0.39, 0.29) is 6.10 Å². The zero-order chi connectivity index (χ0) is 13.0. The zero-order valence-electron chi connectivity index (χ0n) is 11.4. The van der Waals surface area contributed by atoms with Crippen molar-refractivity contribution in [1.82, 2.24) is 4.90 Å². The van der Waals surface area contributed by atoms with Gasteiger partial charge in [0, 0.05) is 7.11 Å². The van der Waals surface area contributed by atoms with Crippen LogP contribution in [0.25, 0.3) is 0 Å². The molecule has 0 spiro atoms. The number of carboxylic acids is 1. The molecule has 0 unspecified atom stereocenters. The fourth-order valence-electron chi connectivity index (χ4n) is 3.47. The van der Waals surface area contributed by atoms with Crippen molar-refractivity contribution in [2.24, 2.45) is 0 Å². The van der Waals surface area contributed by atoms with Crippen LogP contribution in [0.2, 0.25) is 0 Å². The lowest BCUT2D eigenvalue weighted by atomic mass is 9.78. The van der Waals surface area contributed by atoms with E-state index in [1.807, 2.05) is 0 Å². The number of carbonyl (C=O) groups is 1. The predicted molar refractivity (Wildman–Crippen MR) is 69.7 cm³/mol. The van der Waals surface area contributed by atoms with Crippen LogP contribution in [-0.4, -0.2) is 47.8 Å². The molecular weight excluding hydrogens is 230 g/mol. The van der Waals surface area contributed by atoms with Crippen molar-refractivity contribution in [3.63, 3.8) is 0 Å². The molecule has 0 aromatic carbocycles. The van der Waals surface area contributed by atoms with E-state index in [4.69, 9.17) is 4.74 Å². The third-order valence-corrected chi connectivity index (χ3v) is 4.70. The average molecular weight is 255 g/mol. The van der Waals surface area contributed by atoms with Crippen LogP contribution in [0.4, 0.5) is 0 Å². The standard InChI is InChI=1S/C14H25NO3/c1-18-12-6-8-14(9-7-12,13(16)17)15-10-4-2-3-5-11-15/h12H,2-11H2,1H3,(H,16,17). The minimum Gasteiger partial charge on any atom is -0.480 e. The fourth-order valence-corrected chi connectivity index (χ4v) is 3.47. The average Bonchev–Trinajstić information content (AvgIpc) is 2.67. The van der Waals surface area contributed by atoms with Crippen LogP contribution < -0.4 is 0 Å². The molecule has 1 aliphatic heterocycles. The lowest BCUT2D eigenvalue weighted by Crippen LogP contribution is -2.57. The summed E-state index contributed by atoms with van der Waals surface area (Å²) in [5.74, 6) is -0.626. The van der Waals surface area contributed by atoms with E-state index >= 15 is 0 Å². The van der Waals surface area contributed by atoms with Crippen LogP contribution in [0.15, 0.2) is 0 Å². The van der Waals surface area contributed by atoms with Crippen molar-refractivity contribution in [3.05, 3.63) is 0 Å². The Morgan fingerprint density at radius 3 is 2.17 bits per heavy atom. The van der Waals surface area contributed by atoms with Gasteiger partial charge in [-0.1, -0.05) is 12.8 Å². The number of hydrogen-bond acceptors (Lipinski definition) is 3. The van der Waals surface area contributed by atoms with Gasteiger partial charge >= 0.3 is 5.97 Å². The van der Waals surface area contributed by atoms with Crippen molar-refractivity contribution >= 4 is 5.97 Å². The van der Waals surface area contributed by atoms with Gasteiger partial charge in [0.05, 0.1) is 6.10 Å². The van der Waals surface area contributed by atoms with Crippen LogP contribution in [0.1, 0.15) is 51.4 Å². The quantitative estimate of drug-likeness (QED) is 0.840. The number of carboxylic acid groups (broad SMARTS) is 1. The van der Waals surface area contributed by atoms with E-state index in [1.54, 1.807) is 7.11 Å². The molecule has 0 aromatic rings. The second-order valence-corrected chi connectivity index (χ2v) is 5.67. The normalized spacial score (nSPS) is 35.1. The Morgan fingerprint density at radius 2 is 1.72 bits per heavy atom. The molecule has 1 aliphatic carbocycles.